The monoisotopic (exact) mass is 324 g/mol. The summed E-state index contributed by atoms with van der Waals surface area (Å²) in [5.74, 6) is -0.338. The van der Waals surface area contributed by atoms with Gasteiger partial charge in [0.2, 0.25) is 0 Å². The average molecular weight is 325 g/mol. The van der Waals surface area contributed by atoms with Crippen molar-refractivity contribution in [3.63, 3.8) is 0 Å². The number of hydrogen-bond donors (Lipinski definition) is 2. The highest BCUT2D eigenvalue weighted by molar-refractivity contribution is 6.35. The summed E-state index contributed by atoms with van der Waals surface area (Å²) in [4.78, 5) is 11.7. The molecule has 0 heterocycles. The summed E-state index contributed by atoms with van der Waals surface area (Å²) in [7, 11) is 0. The van der Waals surface area contributed by atoms with Gasteiger partial charge in [0.15, 0.2) is 0 Å². The first kappa shape index (κ1) is 15.4. The first-order valence-electron chi connectivity index (χ1n) is 5.99. The molecule has 2 aromatic carbocycles. The van der Waals surface area contributed by atoms with E-state index in [2.05, 4.69) is 10.6 Å². The number of anilines is 1. The lowest BCUT2D eigenvalue weighted by Crippen LogP contribution is -2.23. The van der Waals surface area contributed by atoms with Gasteiger partial charge in [0.25, 0.3) is 0 Å². The average Bonchev–Trinajstić information content (AvgIpc) is 2.37. The van der Waals surface area contributed by atoms with Gasteiger partial charge in [-0.2, -0.15) is 0 Å². The van der Waals surface area contributed by atoms with E-state index in [1.165, 1.54) is 18.3 Å². The molecule has 0 aliphatic heterocycles. The fourth-order valence-corrected chi connectivity index (χ4v) is 2.14. The van der Waals surface area contributed by atoms with Crippen LogP contribution in [0.2, 0.25) is 10.0 Å². The van der Waals surface area contributed by atoms with E-state index in [1.54, 1.807) is 36.4 Å². The van der Waals surface area contributed by atoms with Crippen molar-refractivity contribution >= 4 is 41.0 Å². The summed E-state index contributed by atoms with van der Waals surface area (Å²) in [6, 6.07) is 10.3. The van der Waals surface area contributed by atoms with Gasteiger partial charge in [0.1, 0.15) is 5.82 Å². The number of rotatable bonds is 3. The standard InChI is InChI=1S/C15H11Cl2FN2O/c16-11-7-12(17)9-14(8-11)20-15(21)19-5-4-10-2-1-3-13(18)6-10/h1-9H,(H2,19,20,21)/b5-4+. The van der Waals surface area contributed by atoms with E-state index >= 15 is 0 Å². The van der Waals surface area contributed by atoms with Crippen LogP contribution in [0.4, 0.5) is 14.9 Å². The van der Waals surface area contributed by atoms with Gasteiger partial charge in [-0.3, -0.25) is 0 Å². The molecule has 2 amide bonds. The summed E-state index contributed by atoms with van der Waals surface area (Å²) in [6.07, 6.45) is 2.99. The Morgan fingerprint density at radius 2 is 1.81 bits per heavy atom. The number of carbonyl (C=O) groups excluding carboxylic acids is 1. The van der Waals surface area contributed by atoms with Crippen LogP contribution in [0.5, 0.6) is 0 Å². The normalized spacial score (nSPS) is 10.6. The Morgan fingerprint density at radius 3 is 2.48 bits per heavy atom. The van der Waals surface area contributed by atoms with E-state index < -0.39 is 6.03 Å². The molecule has 0 unspecified atom stereocenters. The van der Waals surface area contributed by atoms with Gasteiger partial charge < -0.3 is 10.6 Å². The van der Waals surface area contributed by atoms with Crippen LogP contribution in [-0.2, 0) is 0 Å². The molecular formula is C15H11Cl2FN2O. The Labute approximate surface area is 131 Å². The summed E-state index contributed by atoms with van der Waals surface area (Å²) in [6.45, 7) is 0. The number of carbonyl (C=O) groups is 1. The second kappa shape index (κ2) is 7.11. The maximum Gasteiger partial charge on any atom is 0.323 e. The van der Waals surface area contributed by atoms with Crippen LogP contribution in [0.15, 0.2) is 48.7 Å². The Bertz CT molecular complexity index is 669. The summed E-state index contributed by atoms with van der Waals surface area (Å²) < 4.78 is 13.0. The smallest absolute Gasteiger partial charge is 0.314 e. The van der Waals surface area contributed by atoms with Crippen molar-refractivity contribution in [3.05, 3.63) is 70.1 Å². The van der Waals surface area contributed by atoms with Gasteiger partial charge >= 0.3 is 6.03 Å². The molecule has 2 N–H and O–H groups in total. The van der Waals surface area contributed by atoms with E-state index in [9.17, 15) is 9.18 Å². The van der Waals surface area contributed by atoms with E-state index in [-0.39, 0.29) is 5.82 Å². The SMILES string of the molecule is O=C(N/C=C/c1cccc(F)c1)Nc1cc(Cl)cc(Cl)c1. The van der Waals surface area contributed by atoms with Crippen LogP contribution >= 0.6 is 23.2 Å². The molecule has 6 heteroatoms. The lowest BCUT2D eigenvalue weighted by atomic mass is 10.2. The minimum Gasteiger partial charge on any atom is -0.314 e. The van der Waals surface area contributed by atoms with Crippen molar-refractivity contribution in [2.75, 3.05) is 5.32 Å². The number of benzene rings is 2. The van der Waals surface area contributed by atoms with Crippen molar-refractivity contribution in [3.8, 4) is 0 Å². The third kappa shape index (κ3) is 5.10. The number of amides is 2. The molecule has 0 radical (unpaired) electrons. The highest BCUT2D eigenvalue weighted by Crippen LogP contribution is 2.22. The molecule has 2 aromatic rings. The predicted molar refractivity (Wildman–Crippen MR) is 84.1 cm³/mol. The van der Waals surface area contributed by atoms with Gasteiger partial charge in [-0.15, -0.1) is 0 Å². The highest BCUT2D eigenvalue weighted by Gasteiger charge is 2.02. The fraction of sp³-hybridized carbons (Fsp3) is 0. The summed E-state index contributed by atoms with van der Waals surface area (Å²) >= 11 is 11.7. The molecule has 0 aliphatic carbocycles. The van der Waals surface area contributed by atoms with Gasteiger partial charge in [0.05, 0.1) is 0 Å². The molecule has 0 saturated carbocycles. The molecule has 0 atom stereocenters. The number of halogens is 3. The second-order valence-electron chi connectivity index (χ2n) is 4.14. The third-order valence-electron chi connectivity index (χ3n) is 2.46. The van der Waals surface area contributed by atoms with Gasteiger partial charge in [-0.1, -0.05) is 35.3 Å². The molecule has 3 nitrogen and oxygen atoms in total. The number of urea groups is 1. The van der Waals surface area contributed by atoms with Crippen LogP contribution in [0.25, 0.3) is 6.08 Å². The van der Waals surface area contributed by atoms with E-state index in [0.29, 0.717) is 21.3 Å². The lowest BCUT2D eigenvalue weighted by Gasteiger charge is -2.05. The first-order valence-corrected chi connectivity index (χ1v) is 6.74. The molecule has 0 fully saturated rings. The lowest BCUT2D eigenvalue weighted by molar-refractivity contribution is 0.255. The van der Waals surface area contributed by atoms with Crippen molar-refractivity contribution in [1.82, 2.24) is 5.32 Å². The molecule has 0 saturated heterocycles. The van der Waals surface area contributed by atoms with Gasteiger partial charge in [-0.25, -0.2) is 9.18 Å². The second-order valence-corrected chi connectivity index (χ2v) is 5.02. The molecule has 108 valence electrons. The van der Waals surface area contributed by atoms with Crippen LogP contribution in [-0.4, -0.2) is 6.03 Å². The molecule has 0 aromatic heterocycles. The van der Waals surface area contributed by atoms with Crippen LogP contribution in [0.1, 0.15) is 5.56 Å². The highest BCUT2D eigenvalue weighted by atomic mass is 35.5. The van der Waals surface area contributed by atoms with Crippen molar-refractivity contribution in [2.45, 2.75) is 0 Å². The largest absolute Gasteiger partial charge is 0.323 e. The minimum absolute atomic E-state index is 0.338. The van der Waals surface area contributed by atoms with E-state index in [1.807, 2.05) is 0 Å². The van der Waals surface area contributed by atoms with Gasteiger partial charge in [-0.05, 0) is 42.0 Å². The molecule has 21 heavy (non-hydrogen) atoms. The number of nitrogens with one attached hydrogen (secondary N) is 2. The Balaban J connectivity index is 1.93. The van der Waals surface area contributed by atoms with Crippen molar-refractivity contribution in [1.29, 1.82) is 0 Å². The third-order valence-corrected chi connectivity index (χ3v) is 2.90. The van der Waals surface area contributed by atoms with Crippen LogP contribution in [0, 0.1) is 5.82 Å². The molecule has 0 aliphatic rings. The molecule has 0 bridgehead atoms. The summed E-state index contributed by atoms with van der Waals surface area (Å²) in [5.41, 5.74) is 1.12. The number of hydrogen-bond acceptors (Lipinski definition) is 1. The van der Waals surface area contributed by atoms with Crippen molar-refractivity contribution in [2.24, 2.45) is 0 Å². The zero-order chi connectivity index (χ0) is 15.2. The zero-order valence-electron chi connectivity index (χ0n) is 10.7. The maximum absolute atomic E-state index is 13.0. The molecule has 0 spiro atoms. The van der Waals surface area contributed by atoms with E-state index in [0.717, 1.165) is 0 Å². The predicted octanol–water partition coefficient (Wildman–Crippen LogP) is 4.92. The molecule has 2 rings (SSSR count). The Hall–Kier alpha value is -2.04. The topological polar surface area (TPSA) is 41.1 Å². The molecular weight excluding hydrogens is 314 g/mol. The quantitative estimate of drug-likeness (QED) is 0.826. The Kier molecular flexibility index (Phi) is 5.20. The zero-order valence-corrected chi connectivity index (χ0v) is 12.3. The van der Waals surface area contributed by atoms with Crippen LogP contribution in [0.3, 0.4) is 0 Å². The van der Waals surface area contributed by atoms with Gasteiger partial charge in [0, 0.05) is 21.9 Å². The minimum atomic E-state index is -0.457. The first-order chi connectivity index (χ1) is 10.0. The van der Waals surface area contributed by atoms with Crippen LogP contribution < -0.4 is 10.6 Å². The summed E-state index contributed by atoms with van der Waals surface area (Å²) in [5, 5.41) is 5.92. The Morgan fingerprint density at radius 1 is 1.10 bits per heavy atom. The van der Waals surface area contributed by atoms with E-state index in [4.69, 9.17) is 23.2 Å². The fourth-order valence-electron chi connectivity index (χ4n) is 1.62. The van der Waals surface area contributed by atoms with Crippen molar-refractivity contribution < 1.29 is 9.18 Å². The maximum atomic E-state index is 13.0.